The SMILES string of the molecule is CC(C)C1NC(=O)CC2=C1c1cccnc1N(C#N)C2. The van der Waals surface area contributed by atoms with Gasteiger partial charge in [0.1, 0.15) is 5.82 Å². The summed E-state index contributed by atoms with van der Waals surface area (Å²) in [4.78, 5) is 17.8. The van der Waals surface area contributed by atoms with Crippen molar-refractivity contribution in [2.45, 2.75) is 26.3 Å². The third-order valence-electron chi connectivity index (χ3n) is 3.85. The Hall–Kier alpha value is -2.35. The molecule has 1 aromatic rings. The second-order valence-corrected chi connectivity index (χ2v) is 5.54. The van der Waals surface area contributed by atoms with Crippen LogP contribution in [0.5, 0.6) is 0 Å². The summed E-state index contributed by atoms with van der Waals surface area (Å²) < 4.78 is 0. The summed E-state index contributed by atoms with van der Waals surface area (Å²) in [6, 6.07) is 3.85. The highest BCUT2D eigenvalue weighted by Gasteiger charge is 2.36. The molecule has 0 saturated carbocycles. The van der Waals surface area contributed by atoms with Crippen molar-refractivity contribution in [3.8, 4) is 6.19 Å². The molecule has 2 aliphatic heterocycles. The molecule has 0 aromatic carbocycles. The van der Waals surface area contributed by atoms with E-state index in [2.05, 4.69) is 30.3 Å². The molecule has 0 spiro atoms. The van der Waals surface area contributed by atoms with Crippen molar-refractivity contribution in [1.29, 1.82) is 5.26 Å². The number of rotatable bonds is 1. The number of carbonyl (C=O) groups is 1. The molecule has 1 unspecified atom stereocenters. The van der Waals surface area contributed by atoms with Crippen LogP contribution < -0.4 is 10.2 Å². The number of pyridine rings is 1. The smallest absolute Gasteiger partial charge is 0.224 e. The van der Waals surface area contributed by atoms with Gasteiger partial charge in [0.05, 0.1) is 19.0 Å². The van der Waals surface area contributed by atoms with E-state index in [0.717, 1.165) is 16.7 Å². The lowest BCUT2D eigenvalue weighted by Gasteiger charge is -2.37. The van der Waals surface area contributed by atoms with Crippen molar-refractivity contribution in [3.05, 3.63) is 29.5 Å². The quantitative estimate of drug-likeness (QED) is 0.787. The summed E-state index contributed by atoms with van der Waals surface area (Å²) in [7, 11) is 0. The number of nitrogens with zero attached hydrogens (tertiary/aromatic N) is 3. The number of anilines is 1. The summed E-state index contributed by atoms with van der Waals surface area (Å²) in [6.45, 7) is 4.65. The Morgan fingerprint density at radius 1 is 1.55 bits per heavy atom. The molecule has 1 N–H and O–H groups in total. The van der Waals surface area contributed by atoms with Crippen molar-refractivity contribution < 1.29 is 4.79 Å². The third-order valence-corrected chi connectivity index (χ3v) is 3.85. The Morgan fingerprint density at radius 2 is 2.35 bits per heavy atom. The van der Waals surface area contributed by atoms with Gasteiger partial charge in [-0.05, 0) is 29.2 Å². The first-order chi connectivity index (χ1) is 9.61. The fraction of sp³-hybridized carbons (Fsp3) is 0.400. The molecule has 102 valence electrons. The second kappa shape index (κ2) is 4.64. The molecule has 2 aliphatic rings. The Labute approximate surface area is 117 Å². The summed E-state index contributed by atoms with van der Waals surface area (Å²) >= 11 is 0. The maximum Gasteiger partial charge on any atom is 0.224 e. The molecule has 5 heteroatoms. The fourth-order valence-corrected chi connectivity index (χ4v) is 2.98. The van der Waals surface area contributed by atoms with Crippen LogP contribution in [0, 0.1) is 17.4 Å². The highest BCUT2D eigenvalue weighted by atomic mass is 16.1. The average molecular weight is 268 g/mol. The number of hydrogen-bond donors (Lipinski definition) is 1. The molecule has 3 heterocycles. The molecule has 0 fully saturated rings. The van der Waals surface area contributed by atoms with Gasteiger partial charge in [0.15, 0.2) is 6.19 Å². The lowest BCUT2D eigenvalue weighted by molar-refractivity contribution is -0.121. The van der Waals surface area contributed by atoms with Gasteiger partial charge in [-0.2, -0.15) is 5.26 Å². The Morgan fingerprint density at radius 3 is 3.05 bits per heavy atom. The molecule has 3 rings (SSSR count). The van der Waals surface area contributed by atoms with Gasteiger partial charge in [-0.3, -0.25) is 9.69 Å². The molecule has 0 aliphatic carbocycles. The predicted octanol–water partition coefficient (Wildman–Crippen LogP) is 1.68. The van der Waals surface area contributed by atoms with Gasteiger partial charge in [-0.15, -0.1) is 0 Å². The monoisotopic (exact) mass is 268 g/mol. The van der Waals surface area contributed by atoms with Gasteiger partial charge in [0.2, 0.25) is 5.91 Å². The molecule has 1 aromatic heterocycles. The molecular formula is C15H16N4O. The van der Waals surface area contributed by atoms with E-state index in [0.29, 0.717) is 24.7 Å². The minimum Gasteiger partial charge on any atom is -0.349 e. The van der Waals surface area contributed by atoms with Gasteiger partial charge < -0.3 is 5.32 Å². The molecule has 1 atom stereocenters. The largest absolute Gasteiger partial charge is 0.349 e. The van der Waals surface area contributed by atoms with E-state index in [1.165, 1.54) is 0 Å². The normalized spacial score (nSPS) is 21.2. The zero-order valence-corrected chi connectivity index (χ0v) is 11.6. The number of carbonyl (C=O) groups excluding carboxylic acids is 1. The number of nitriles is 1. The molecular weight excluding hydrogens is 252 g/mol. The minimum absolute atomic E-state index is 0.00459. The molecule has 0 radical (unpaired) electrons. The average Bonchev–Trinajstić information content (AvgIpc) is 2.45. The van der Waals surface area contributed by atoms with Crippen LogP contribution in [0.3, 0.4) is 0 Å². The fourth-order valence-electron chi connectivity index (χ4n) is 2.98. The van der Waals surface area contributed by atoms with Crippen molar-refractivity contribution in [2.24, 2.45) is 5.92 Å². The van der Waals surface area contributed by atoms with E-state index in [1.54, 1.807) is 11.1 Å². The summed E-state index contributed by atoms with van der Waals surface area (Å²) in [5.41, 5.74) is 3.15. The van der Waals surface area contributed by atoms with Crippen LogP contribution in [-0.2, 0) is 4.79 Å². The van der Waals surface area contributed by atoms with Crippen LogP contribution in [0.15, 0.2) is 23.9 Å². The number of fused-ring (bicyclic) bond motifs is 2. The molecule has 0 bridgehead atoms. The maximum atomic E-state index is 11.9. The van der Waals surface area contributed by atoms with Crippen LogP contribution in [0.4, 0.5) is 5.82 Å². The number of aromatic nitrogens is 1. The minimum atomic E-state index is -0.00459. The number of nitrogens with one attached hydrogen (secondary N) is 1. The van der Waals surface area contributed by atoms with Crippen LogP contribution >= 0.6 is 0 Å². The molecule has 0 saturated heterocycles. The first kappa shape index (κ1) is 12.7. The van der Waals surface area contributed by atoms with E-state index in [9.17, 15) is 10.1 Å². The van der Waals surface area contributed by atoms with Crippen LogP contribution in [-0.4, -0.2) is 23.5 Å². The van der Waals surface area contributed by atoms with Gasteiger partial charge in [0.25, 0.3) is 0 Å². The van der Waals surface area contributed by atoms with Crippen molar-refractivity contribution in [1.82, 2.24) is 10.3 Å². The number of amides is 1. The van der Waals surface area contributed by atoms with Crippen molar-refractivity contribution >= 4 is 17.3 Å². The third kappa shape index (κ3) is 1.85. The summed E-state index contributed by atoms with van der Waals surface area (Å²) in [5, 5.41) is 12.3. The standard InChI is InChI=1S/C15H16N4O/c1-9(2)14-13-10(6-12(20)18-14)7-19(8-16)15-11(13)4-3-5-17-15/h3-5,9,14H,6-7H2,1-2H3,(H,18,20). The van der Waals surface area contributed by atoms with Crippen molar-refractivity contribution in [2.75, 3.05) is 11.4 Å². The Kier molecular flexibility index (Phi) is 2.94. The topological polar surface area (TPSA) is 69.0 Å². The predicted molar refractivity (Wildman–Crippen MR) is 75.5 cm³/mol. The Bertz CT molecular complexity index is 642. The zero-order chi connectivity index (χ0) is 14.3. The molecule has 20 heavy (non-hydrogen) atoms. The molecule has 5 nitrogen and oxygen atoms in total. The zero-order valence-electron chi connectivity index (χ0n) is 11.6. The van der Waals surface area contributed by atoms with Crippen LogP contribution in [0.25, 0.3) is 5.57 Å². The Balaban J connectivity index is 2.19. The van der Waals surface area contributed by atoms with Gasteiger partial charge in [0, 0.05) is 11.8 Å². The lowest BCUT2D eigenvalue weighted by Crippen LogP contribution is -2.46. The number of hydrogen-bond acceptors (Lipinski definition) is 4. The van der Waals surface area contributed by atoms with Crippen molar-refractivity contribution in [3.63, 3.8) is 0 Å². The first-order valence-electron chi connectivity index (χ1n) is 6.75. The van der Waals surface area contributed by atoms with Crippen LogP contribution in [0.2, 0.25) is 0 Å². The van der Waals surface area contributed by atoms with Gasteiger partial charge >= 0.3 is 0 Å². The molecule has 1 amide bonds. The van der Waals surface area contributed by atoms with E-state index in [1.807, 2.05) is 12.1 Å². The summed E-state index contributed by atoms with van der Waals surface area (Å²) in [6.07, 6.45) is 4.22. The van der Waals surface area contributed by atoms with E-state index in [4.69, 9.17) is 0 Å². The van der Waals surface area contributed by atoms with E-state index in [-0.39, 0.29) is 11.9 Å². The highest BCUT2D eigenvalue weighted by molar-refractivity contribution is 5.94. The first-order valence-corrected chi connectivity index (χ1v) is 6.75. The van der Waals surface area contributed by atoms with Gasteiger partial charge in [-0.1, -0.05) is 13.8 Å². The van der Waals surface area contributed by atoms with E-state index >= 15 is 0 Å². The lowest BCUT2D eigenvalue weighted by atomic mass is 9.81. The van der Waals surface area contributed by atoms with Gasteiger partial charge in [-0.25, -0.2) is 4.98 Å². The second-order valence-electron chi connectivity index (χ2n) is 5.54. The summed E-state index contributed by atoms with van der Waals surface area (Å²) in [5.74, 6) is 1.02. The van der Waals surface area contributed by atoms with Crippen LogP contribution in [0.1, 0.15) is 25.8 Å². The maximum absolute atomic E-state index is 11.9. The van der Waals surface area contributed by atoms with E-state index < -0.39 is 0 Å². The highest BCUT2D eigenvalue weighted by Crippen LogP contribution is 2.39.